The molecule has 2 unspecified atom stereocenters. The van der Waals surface area contributed by atoms with Gasteiger partial charge in [0.2, 0.25) is 5.91 Å². The van der Waals surface area contributed by atoms with Gasteiger partial charge in [0.25, 0.3) is 0 Å². The van der Waals surface area contributed by atoms with E-state index in [2.05, 4.69) is 5.32 Å². The Bertz CT molecular complexity index is 425. The fraction of sp³-hybridized carbons (Fsp3) is 0.533. The monoisotopic (exact) mass is 312 g/mol. The van der Waals surface area contributed by atoms with Crippen molar-refractivity contribution in [1.29, 1.82) is 0 Å². The van der Waals surface area contributed by atoms with E-state index in [9.17, 15) is 4.79 Å². The van der Waals surface area contributed by atoms with Crippen molar-refractivity contribution in [3.05, 3.63) is 29.8 Å². The maximum absolute atomic E-state index is 11.8. The predicted molar refractivity (Wildman–Crippen MR) is 85.5 cm³/mol. The van der Waals surface area contributed by atoms with E-state index in [4.69, 9.17) is 15.2 Å². The average Bonchev–Trinajstić information content (AvgIpc) is 2.48. The number of methoxy groups -OCH3 is 2. The summed E-state index contributed by atoms with van der Waals surface area (Å²) in [7, 11) is 3.22. The molecule has 118 valence electrons. The van der Waals surface area contributed by atoms with Crippen LogP contribution in [0.15, 0.2) is 29.2 Å². The van der Waals surface area contributed by atoms with E-state index in [1.807, 2.05) is 31.2 Å². The van der Waals surface area contributed by atoms with Crippen LogP contribution in [0.1, 0.15) is 18.5 Å². The minimum absolute atomic E-state index is 0.0848. The molecule has 0 aliphatic carbocycles. The number of benzene rings is 1. The zero-order valence-electron chi connectivity index (χ0n) is 12.8. The molecule has 5 nitrogen and oxygen atoms in total. The third-order valence-electron chi connectivity index (χ3n) is 2.98. The Morgan fingerprint density at radius 3 is 2.52 bits per heavy atom. The smallest absolute Gasteiger partial charge is 0.239 e. The predicted octanol–water partition coefficient (Wildman–Crippen LogP) is 1.58. The molecule has 0 heterocycles. The van der Waals surface area contributed by atoms with Crippen LogP contribution in [0.25, 0.3) is 0 Å². The van der Waals surface area contributed by atoms with Crippen molar-refractivity contribution in [3.8, 4) is 0 Å². The topological polar surface area (TPSA) is 73.6 Å². The number of ether oxygens (including phenoxy) is 2. The normalized spacial score (nSPS) is 13.7. The van der Waals surface area contributed by atoms with Gasteiger partial charge in [-0.2, -0.15) is 0 Å². The highest BCUT2D eigenvalue weighted by molar-refractivity contribution is 7.99. The van der Waals surface area contributed by atoms with Crippen LogP contribution in [0.3, 0.4) is 0 Å². The number of hydrogen-bond acceptors (Lipinski definition) is 5. The summed E-state index contributed by atoms with van der Waals surface area (Å²) in [5, 5.41) is 2.88. The number of nitrogens with one attached hydrogen (secondary N) is 1. The van der Waals surface area contributed by atoms with Crippen LogP contribution in [0.5, 0.6) is 0 Å². The first-order chi connectivity index (χ1) is 10.1. The van der Waals surface area contributed by atoms with Crippen LogP contribution < -0.4 is 11.1 Å². The quantitative estimate of drug-likeness (QED) is 0.535. The highest BCUT2D eigenvalue weighted by Gasteiger charge is 2.16. The molecule has 0 aromatic heterocycles. The van der Waals surface area contributed by atoms with Crippen LogP contribution in [-0.2, 0) is 14.3 Å². The number of thioether (sulfide) groups is 1. The van der Waals surface area contributed by atoms with Crippen molar-refractivity contribution in [3.63, 3.8) is 0 Å². The van der Waals surface area contributed by atoms with Gasteiger partial charge in [-0.05, 0) is 24.6 Å². The van der Waals surface area contributed by atoms with Gasteiger partial charge in [0, 0.05) is 24.9 Å². The molecule has 1 amide bonds. The Morgan fingerprint density at radius 1 is 1.29 bits per heavy atom. The highest BCUT2D eigenvalue weighted by atomic mass is 32.2. The fourth-order valence-corrected chi connectivity index (χ4v) is 2.57. The maximum atomic E-state index is 11.8. The van der Waals surface area contributed by atoms with Crippen molar-refractivity contribution in [1.82, 2.24) is 5.32 Å². The first-order valence-corrected chi connectivity index (χ1v) is 7.83. The molecule has 0 spiro atoms. The number of carbonyl (C=O) groups excluding carboxylic acids is 1. The largest absolute Gasteiger partial charge is 0.384 e. The summed E-state index contributed by atoms with van der Waals surface area (Å²) in [6.45, 7) is 2.88. The van der Waals surface area contributed by atoms with Crippen molar-refractivity contribution in [2.45, 2.75) is 23.9 Å². The van der Waals surface area contributed by atoms with Gasteiger partial charge in [0.05, 0.1) is 19.3 Å². The number of amides is 1. The second-order valence-corrected chi connectivity index (χ2v) is 5.87. The molecule has 0 radical (unpaired) electrons. The number of nitrogens with two attached hydrogens (primary N) is 1. The molecule has 2 atom stereocenters. The lowest BCUT2D eigenvalue weighted by Gasteiger charge is -2.17. The van der Waals surface area contributed by atoms with E-state index in [0.29, 0.717) is 0 Å². The first-order valence-electron chi connectivity index (χ1n) is 6.85. The van der Waals surface area contributed by atoms with Crippen LogP contribution in [0.4, 0.5) is 0 Å². The Morgan fingerprint density at radius 2 is 1.95 bits per heavy atom. The van der Waals surface area contributed by atoms with Gasteiger partial charge in [-0.25, -0.2) is 0 Å². The zero-order chi connectivity index (χ0) is 15.7. The van der Waals surface area contributed by atoms with E-state index in [1.54, 1.807) is 18.9 Å². The summed E-state index contributed by atoms with van der Waals surface area (Å²) in [5.41, 5.74) is 6.74. The zero-order valence-corrected chi connectivity index (χ0v) is 13.6. The number of hydrogen-bond donors (Lipinski definition) is 2. The Kier molecular flexibility index (Phi) is 8.37. The van der Waals surface area contributed by atoms with Crippen molar-refractivity contribution in [2.75, 3.05) is 33.2 Å². The van der Waals surface area contributed by atoms with E-state index >= 15 is 0 Å². The summed E-state index contributed by atoms with van der Waals surface area (Å²) in [6.07, 6.45) is 0. The molecule has 0 bridgehead atoms. The maximum Gasteiger partial charge on any atom is 0.239 e. The molecule has 0 saturated carbocycles. The van der Waals surface area contributed by atoms with Gasteiger partial charge in [-0.1, -0.05) is 12.1 Å². The van der Waals surface area contributed by atoms with E-state index in [-0.39, 0.29) is 18.6 Å². The summed E-state index contributed by atoms with van der Waals surface area (Å²) in [6, 6.07) is 7.41. The summed E-state index contributed by atoms with van der Waals surface area (Å²) in [5.74, 6) is 0.719. The molecule has 6 heteroatoms. The van der Waals surface area contributed by atoms with E-state index in [1.165, 1.54) is 12.0 Å². The molecular formula is C15H24N2O3S. The lowest BCUT2D eigenvalue weighted by atomic mass is 10.1. The third kappa shape index (κ3) is 6.48. The van der Waals surface area contributed by atoms with Crippen LogP contribution in [0.2, 0.25) is 0 Å². The Balaban J connectivity index is 2.50. The van der Waals surface area contributed by atoms with Crippen molar-refractivity contribution >= 4 is 17.7 Å². The van der Waals surface area contributed by atoms with Crippen LogP contribution >= 0.6 is 11.8 Å². The lowest BCUT2D eigenvalue weighted by Crippen LogP contribution is -2.44. The first kappa shape index (κ1) is 18.0. The highest BCUT2D eigenvalue weighted by Crippen LogP contribution is 2.21. The second-order valence-electron chi connectivity index (χ2n) is 4.70. The van der Waals surface area contributed by atoms with Gasteiger partial charge < -0.3 is 20.5 Å². The molecule has 3 N–H and O–H groups in total. The molecule has 0 aliphatic rings. The molecule has 0 aliphatic heterocycles. The summed E-state index contributed by atoms with van der Waals surface area (Å²) in [4.78, 5) is 13.0. The second kappa shape index (κ2) is 9.78. The average molecular weight is 312 g/mol. The van der Waals surface area contributed by atoms with Crippen molar-refractivity contribution < 1.29 is 14.3 Å². The number of carbonyl (C=O) groups is 1. The number of rotatable bonds is 9. The minimum Gasteiger partial charge on any atom is -0.384 e. The SMILES string of the molecule is COCCSc1ccc(C(C)NC(=O)C(N)COC)cc1. The van der Waals surface area contributed by atoms with Crippen LogP contribution in [0, 0.1) is 0 Å². The van der Waals surface area contributed by atoms with Gasteiger partial charge in [-0.3, -0.25) is 4.79 Å². The molecule has 0 saturated heterocycles. The lowest BCUT2D eigenvalue weighted by molar-refractivity contribution is -0.124. The van der Waals surface area contributed by atoms with Gasteiger partial charge >= 0.3 is 0 Å². The molecular weight excluding hydrogens is 288 g/mol. The van der Waals surface area contributed by atoms with Crippen molar-refractivity contribution in [2.24, 2.45) is 5.73 Å². The minimum atomic E-state index is -0.638. The third-order valence-corrected chi connectivity index (χ3v) is 3.95. The van der Waals surface area contributed by atoms with Crippen LogP contribution in [-0.4, -0.2) is 45.1 Å². The Labute approximate surface area is 130 Å². The van der Waals surface area contributed by atoms with Gasteiger partial charge in [-0.15, -0.1) is 11.8 Å². The molecule has 21 heavy (non-hydrogen) atoms. The van der Waals surface area contributed by atoms with E-state index in [0.717, 1.165) is 17.9 Å². The van der Waals surface area contributed by atoms with Gasteiger partial charge in [0.15, 0.2) is 0 Å². The fourth-order valence-electron chi connectivity index (χ4n) is 1.75. The molecule has 1 aromatic rings. The molecule has 1 aromatic carbocycles. The van der Waals surface area contributed by atoms with Gasteiger partial charge in [0.1, 0.15) is 6.04 Å². The standard InChI is InChI=1S/C15H24N2O3S/c1-11(17-15(18)14(16)10-20-3)12-4-6-13(7-5-12)21-9-8-19-2/h4-7,11,14H,8-10,16H2,1-3H3,(H,17,18). The molecule has 1 rings (SSSR count). The molecule has 0 fully saturated rings. The Hall–Kier alpha value is -1.08. The summed E-state index contributed by atoms with van der Waals surface area (Å²) < 4.78 is 9.90. The van der Waals surface area contributed by atoms with E-state index < -0.39 is 6.04 Å². The summed E-state index contributed by atoms with van der Waals surface area (Å²) >= 11 is 1.74.